The topological polar surface area (TPSA) is 54.4 Å². The van der Waals surface area contributed by atoms with Crippen molar-refractivity contribution in [1.82, 2.24) is 0 Å². The summed E-state index contributed by atoms with van der Waals surface area (Å²) in [6.07, 6.45) is 13.1. The maximum atomic E-state index is 12.6. The van der Waals surface area contributed by atoms with E-state index in [4.69, 9.17) is 0 Å². The van der Waals surface area contributed by atoms with Crippen LogP contribution in [0, 0.1) is 23.2 Å². The maximum Gasteiger partial charge on any atom is 0.146 e. The van der Waals surface area contributed by atoms with Gasteiger partial charge in [-0.15, -0.1) is 0 Å². The predicted molar refractivity (Wildman–Crippen MR) is 113 cm³/mol. The summed E-state index contributed by atoms with van der Waals surface area (Å²) in [7, 11) is 0. The molecule has 5 atom stereocenters. The molecule has 0 saturated heterocycles. The van der Waals surface area contributed by atoms with Crippen molar-refractivity contribution in [3.63, 3.8) is 0 Å². The Morgan fingerprint density at radius 3 is 2.61 bits per heavy atom. The van der Waals surface area contributed by atoms with E-state index in [0.717, 1.165) is 32.0 Å². The third-order valence-electron chi connectivity index (χ3n) is 7.36. The minimum Gasteiger partial charge on any atom is -0.389 e. The fourth-order valence-corrected chi connectivity index (χ4v) is 5.76. The number of fused-ring (bicyclic) bond motifs is 2. The number of allylic oxidation sites excluding steroid dienone is 8. The molecule has 0 heterocycles. The first-order valence-corrected chi connectivity index (χ1v) is 10.5. The summed E-state index contributed by atoms with van der Waals surface area (Å²) in [5.74, 6) is -0.238. The Morgan fingerprint density at radius 2 is 1.96 bits per heavy atom. The predicted octanol–water partition coefficient (Wildman–Crippen LogP) is 5.12. The fraction of sp³-hybridized carbons (Fsp3) is 0.600. The second-order valence-corrected chi connectivity index (χ2v) is 9.86. The van der Waals surface area contributed by atoms with Gasteiger partial charge in [0.05, 0.1) is 11.5 Å². The molecule has 0 aliphatic heterocycles. The number of hydrogen-bond acceptors (Lipinski definition) is 3. The molecule has 0 bridgehead atoms. The highest BCUT2D eigenvalue weighted by molar-refractivity contribution is 5.94. The molecule has 0 radical (unpaired) electrons. The van der Waals surface area contributed by atoms with Gasteiger partial charge in [-0.1, -0.05) is 47.9 Å². The Balaban J connectivity index is 2.01. The average molecular weight is 383 g/mol. The molecule has 3 aliphatic rings. The first-order chi connectivity index (χ1) is 13.1. The molecule has 3 rings (SSSR count). The number of rotatable bonds is 3. The van der Waals surface area contributed by atoms with E-state index < -0.39 is 11.5 Å². The normalized spacial score (nSPS) is 41.6. The van der Waals surface area contributed by atoms with Crippen LogP contribution in [-0.4, -0.2) is 22.8 Å². The van der Waals surface area contributed by atoms with Crippen LogP contribution < -0.4 is 0 Å². The van der Waals surface area contributed by atoms with Gasteiger partial charge in [-0.3, -0.25) is 9.59 Å². The van der Waals surface area contributed by atoms with Crippen molar-refractivity contribution in [2.24, 2.45) is 23.2 Å². The number of carbonyl (C=O) groups is 2. The van der Waals surface area contributed by atoms with Gasteiger partial charge < -0.3 is 5.11 Å². The first kappa shape index (κ1) is 21.0. The van der Waals surface area contributed by atoms with Gasteiger partial charge in [0.2, 0.25) is 0 Å². The molecular weight excluding hydrogens is 348 g/mol. The molecule has 3 heteroatoms. The molecular formula is C25H34O3. The van der Waals surface area contributed by atoms with Crippen LogP contribution >= 0.6 is 0 Å². The van der Waals surface area contributed by atoms with Crippen LogP contribution in [0.15, 0.2) is 46.6 Å². The largest absolute Gasteiger partial charge is 0.389 e. The molecule has 2 fully saturated rings. The second kappa shape index (κ2) is 7.59. The zero-order chi connectivity index (χ0) is 20.7. The fourth-order valence-electron chi connectivity index (χ4n) is 5.76. The molecule has 0 aromatic heterocycles. The van der Waals surface area contributed by atoms with E-state index in [-0.39, 0.29) is 23.5 Å². The third-order valence-corrected chi connectivity index (χ3v) is 7.36. The lowest BCUT2D eigenvalue weighted by atomic mass is 9.64. The molecule has 0 aromatic carbocycles. The van der Waals surface area contributed by atoms with E-state index in [1.165, 1.54) is 16.7 Å². The molecule has 0 amide bonds. The van der Waals surface area contributed by atoms with Crippen molar-refractivity contribution in [2.45, 2.75) is 72.3 Å². The quantitative estimate of drug-likeness (QED) is 0.545. The van der Waals surface area contributed by atoms with Crippen LogP contribution in [-0.2, 0) is 9.59 Å². The standard InChI is InChI=1S/C25H34O3/c1-16(2)7-6-8-17(3)19-11-12-24(4)13-21-23(22(27)14-25(21,5)28)18(15-26)9-10-20(19)24/h6-9,15,20-21,23,28H,10-14H2,1-5H3/b8-6+,18-9-,19-17+/t20-,21-,23+,24+,25+/m0/s1. The minimum absolute atomic E-state index is 0.0185. The smallest absolute Gasteiger partial charge is 0.146 e. The molecule has 0 aromatic rings. The van der Waals surface area contributed by atoms with Crippen molar-refractivity contribution in [2.75, 3.05) is 0 Å². The Morgan fingerprint density at radius 1 is 1.25 bits per heavy atom. The van der Waals surface area contributed by atoms with Gasteiger partial charge in [-0.2, -0.15) is 0 Å². The SMILES string of the molecule is CC(C)=C/C=C/C(C)=C1\CC[C@]2(C)C[C@H]3[C@H](C(=O)C[C@@]3(C)O)/C(C=O)=C\C[C@@H]12. The van der Waals surface area contributed by atoms with E-state index >= 15 is 0 Å². The highest BCUT2D eigenvalue weighted by Crippen LogP contribution is 2.58. The Bertz CT molecular complexity index is 789. The van der Waals surface area contributed by atoms with Gasteiger partial charge in [-0.05, 0) is 70.3 Å². The van der Waals surface area contributed by atoms with Crippen molar-refractivity contribution >= 4 is 12.1 Å². The van der Waals surface area contributed by atoms with Crippen LogP contribution in [0.25, 0.3) is 0 Å². The molecule has 1 N–H and O–H groups in total. The second-order valence-electron chi connectivity index (χ2n) is 9.86. The monoisotopic (exact) mass is 382 g/mol. The van der Waals surface area contributed by atoms with Crippen LogP contribution in [0.1, 0.15) is 66.7 Å². The number of carbonyl (C=O) groups excluding carboxylic acids is 2. The third kappa shape index (κ3) is 3.74. The lowest BCUT2D eigenvalue weighted by Gasteiger charge is -2.41. The van der Waals surface area contributed by atoms with Crippen LogP contribution in [0.3, 0.4) is 0 Å². The highest BCUT2D eigenvalue weighted by atomic mass is 16.3. The first-order valence-electron chi connectivity index (χ1n) is 10.5. The highest BCUT2D eigenvalue weighted by Gasteiger charge is 2.55. The Hall–Kier alpha value is -1.74. The molecule has 3 nitrogen and oxygen atoms in total. The van der Waals surface area contributed by atoms with E-state index in [1.807, 2.05) is 6.08 Å². The molecule has 0 spiro atoms. The van der Waals surface area contributed by atoms with Crippen LogP contribution in [0.2, 0.25) is 0 Å². The van der Waals surface area contributed by atoms with Gasteiger partial charge in [0.15, 0.2) is 0 Å². The van der Waals surface area contributed by atoms with E-state index in [0.29, 0.717) is 11.5 Å². The number of aliphatic hydroxyl groups is 1. The Labute approximate surface area is 169 Å². The van der Waals surface area contributed by atoms with E-state index in [9.17, 15) is 14.7 Å². The summed E-state index contributed by atoms with van der Waals surface area (Å²) in [6, 6.07) is 0. The summed E-state index contributed by atoms with van der Waals surface area (Å²) < 4.78 is 0. The van der Waals surface area contributed by atoms with Gasteiger partial charge in [0.25, 0.3) is 0 Å². The molecule has 2 saturated carbocycles. The van der Waals surface area contributed by atoms with Crippen LogP contribution in [0.4, 0.5) is 0 Å². The summed E-state index contributed by atoms with van der Waals surface area (Å²) in [5, 5.41) is 11.0. The van der Waals surface area contributed by atoms with Crippen molar-refractivity contribution in [3.8, 4) is 0 Å². The zero-order valence-corrected chi connectivity index (χ0v) is 17.9. The zero-order valence-electron chi connectivity index (χ0n) is 17.9. The Kier molecular flexibility index (Phi) is 5.69. The number of ketones is 1. The van der Waals surface area contributed by atoms with Crippen molar-refractivity contribution in [3.05, 3.63) is 46.6 Å². The summed E-state index contributed by atoms with van der Waals surface area (Å²) >= 11 is 0. The number of aldehydes is 1. The van der Waals surface area contributed by atoms with Gasteiger partial charge in [-0.25, -0.2) is 0 Å². The summed E-state index contributed by atoms with van der Waals surface area (Å²) in [6.45, 7) is 10.4. The molecule has 152 valence electrons. The molecule has 3 aliphatic carbocycles. The summed E-state index contributed by atoms with van der Waals surface area (Å²) in [5.41, 5.74) is 3.64. The summed E-state index contributed by atoms with van der Waals surface area (Å²) in [4.78, 5) is 24.4. The van der Waals surface area contributed by atoms with Crippen molar-refractivity contribution < 1.29 is 14.7 Å². The van der Waals surface area contributed by atoms with Gasteiger partial charge in [0, 0.05) is 12.3 Å². The van der Waals surface area contributed by atoms with E-state index in [2.05, 4.69) is 45.9 Å². The number of Topliss-reactive ketones (excluding diaryl/α,β-unsaturated/α-hetero) is 1. The van der Waals surface area contributed by atoms with Crippen LogP contribution in [0.5, 0.6) is 0 Å². The molecule has 28 heavy (non-hydrogen) atoms. The lowest BCUT2D eigenvalue weighted by molar-refractivity contribution is -0.121. The average Bonchev–Trinajstić information content (AvgIpc) is 3.01. The minimum atomic E-state index is -1.03. The van der Waals surface area contributed by atoms with Crippen molar-refractivity contribution in [1.29, 1.82) is 0 Å². The maximum absolute atomic E-state index is 12.6. The number of hydrogen-bond donors (Lipinski definition) is 1. The lowest BCUT2D eigenvalue weighted by Crippen LogP contribution is -2.39. The van der Waals surface area contributed by atoms with Gasteiger partial charge >= 0.3 is 0 Å². The van der Waals surface area contributed by atoms with Gasteiger partial charge in [0.1, 0.15) is 12.1 Å². The van der Waals surface area contributed by atoms with E-state index in [1.54, 1.807) is 6.92 Å². The molecule has 0 unspecified atom stereocenters.